The van der Waals surface area contributed by atoms with Crippen LogP contribution in [0.15, 0.2) is 10.6 Å². The van der Waals surface area contributed by atoms with Gasteiger partial charge in [0, 0.05) is 25.5 Å². The van der Waals surface area contributed by atoms with Gasteiger partial charge >= 0.3 is 0 Å². The van der Waals surface area contributed by atoms with Gasteiger partial charge in [-0.2, -0.15) is 0 Å². The van der Waals surface area contributed by atoms with Gasteiger partial charge in [0.25, 0.3) is 0 Å². The first-order valence-corrected chi connectivity index (χ1v) is 5.61. The van der Waals surface area contributed by atoms with Crippen LogP contribution in [-0.2, 0) is 9.59 Å². The summed E-state index contributed by atoms with van der Waals surface area (Å²) in [6.07, 6.45) is 1.52. The van der Waals surface area contributed by atoms with E-state index < -0.39 is 0 Å². The molecule has 1 aromatic heterocycles. The molecular formula is C11H17N3O3. The summed E-state index contributed by atoms with van der Waals surface area (Å²) < 4.78 is 4.81. The lowest BCUT2D eigenvalue weighted by Gasteiger charge is -2.03. The van der Waals surface area contributed by atoms with E-state index in [-0.39, 0.29) is 18.2 Å². The molecule has 0 aliphatic carbocycles. The Labute approximate surface area is 99.7 Å². The number of amides is 2. The maximum Gasteiger partial charge on any atom is 0.227 e. The molecule has 6 nitrogen and oxygen atoms in total. The van der Waals surface area contributed by atoms with Gasteiger partial charge in [0.2, 0.25) is 11.8 Å². The fraction of sp³-hybridized carbons (Fsp3) is 0.545. The summed E-state index contributed by atoms with van der Waals surface area (Å²) >= 11 is 0. The Morgan fingerprint density at radius 3 is 2.71 bits per heavy atom. The molecule has 1 heterocycles. The number of aryl methyl sites for hydroxylation is 1. The zero-order valence-electron chi connectivity index (χ0n) is 10.1. The normalized spacial score (nSPS) is 10.0. The lowest BCUT2D eigenvalue weighted by atomic mass is 10.3. The van der Waals surface area contributed by atoms with Gasteiger partial charge in [-0.05, 0) is 13.3 Å². The smallest absolute Gasteiger partial charge is 0.227 e. The van der Waals surface area contributed by atoms with Crippen LogP contribution in [0.25, 0.3) is 0 Å². The fourth-order valence-corrected chi connectivity index (χ4v) is 1.26. The monoisotopic (exact) mass is 239 g/mol. The van der Waals surface area contributed by atoms with Crippen LogP contribution in [-0.4, -0.2) is 23.5 Å². The SMILES string of the molecule is CCCC(=O)NCCC(=O)Nc1cc(C)on1. The minimum Gasteiger partial charge on any atom is -0.360 e. The highest BCUT2D eigenvalue weighted by molar-refractivity contribution is 5.90. The van der Waals surface area contributed by atoms with E-state index in [1.165, 1.54) is 0 Å². The molecule has 0 unspecified atom stereocenters. The van der Waals surface area contributed by atoms with E-state index in [2.05, 4.69) is 15.8 Å². The standard InChI is InChI=1S/C11H17N3O3/c1-3-4-10(15)12-6-5-11(16)13-9-7-8(2)17-14-9/h7H,3-6H2,1-2H3,(H,12,15)(H,13,14,16). The van der Waals surface area contributed by atoms with Crippen molar-refractivity contribution in [3.8, 4) is 0 Å². The fourth-order valence-electron chi connectivity index (χ4n) is 1.26. The molecule has 94 valence electrons. The molecule has 0 bridgehead atoms. The highest BCUT2D eigenvalue weighted by Crippen LogP contribution is 2.06. The van der Waals surface area contributed by atoms with E-state index in [0.29, 0.717) is 24.5 Å². The van der Waals surface area contributed by atoms with E-state index >= 15 is 0 Å². The van der Waals surface area contributed by atoms with Gasteiger partial charge in [-0.3, -0.25) is 9.59 Å². The lowest BCUT2D eigenvalue weighted by molar-refractivity contribution is -0.121. The van der Waals surface area contributed by atoms with Crippen molar-refractivity contribution in [2.45, 2.75) is 33.1 Å². The second-order valence-corrected chi connectivity index (χ2v) is 3.72. The zero-order chi connectivity index (χ0) is 12.7. The molecule has 0 saturated carbocycles. The van der Waals surface area contributed by atoms with Crippen molar-refractivity contribution in [3.05, 3.63) is 11.8 Å². The third-order valence-electron chi connectivity index (χ3n) is 2.05. The summed E-state index contributed by atoms with van der Waals surface area (Å²) in [6.45, 7) is 4.01. The van der Waals surface area contributed by atoms with Gasteiger partial charge in [-0.1, -0.05) is 12.1 Å². The molecular weight excluding hydrogens is 222 g/mol. The van der Waals surface area contributed by atoms with Gasteiger partial charge < -0.3 is 15.2 Å². The van der Waals surface area contributed by atoms with Gasteiger partial charge in [0.15, 0.2) is 5.82 Å². The van der Waals surface area contributed by atoms with Crippen molar-refractivity contribution in [1.82, 2.24) is 10.5 Å². The third kappa shape index (κ3) is 5.14. The summed E-state index contributed by atoms with van der Waals surface area (Å²) in [4.78, 5) is 22.5. The van der Waals surface area contributed by atoms with E-state index in [4.69, 9.17) is 4.52 Å². The topological polar surface area (TPSA) is 84.2 Å². The summed E-state index contributed by atoms with van der Waals surface area (Å²) in [5, 5.41) is 8.87. The van der Waals surface area contributed by atoms with Crippen molar-refractivity contribution >= 4 is 17.6 Å². The van der Waals surface area contributed by atoms with Crippen molar-refractivity contribution < 1.29 is 14.1 Å². The van der Waals surface area contributed by atoms with E-state index in [1.807, 2.05) is 6.92 Å². The highest BCUT2D eigenvalue weighted by Gasteiger charge is 2.06. The molecule has 1 aromatic rings. The van der Waals surface area contributed by atoms with Crippen LogP contribution in [0.2, 0.25) is 0 Å². The molecule has 0 aliphatic heterocycles. The van der Waals surface area contributed by atoms with E-state index in [0.717, 1.165) is 6.42 Å². The Balaban J connectivity index is 2.19. The first kappa shape index (κ1) is 13.2. The molecule has 2 amide bonds. The van der Waals surface area contributed by atoms with E-state index in [9.17, 15) is 9.59 Å². The number of aromatic nitrogens is 1. The Kier molecular flexibility index (Phi) is 5.19. The van der Waals surface area contributed by atoms with Crippen LogP contribution in [0.5, 0.6) is 0 Å². The quantitative estimate of drug-likeness (QED) is 0.782. The largest absolute Gasteiger partial charge is 0.360 e. The second-order valence-electron chi connectivity index (χ2n) is 3.72. The number of carbonyl (C=O) groups is 2. The molecule has 1 rings (SSSR count). The summed E-state index contributed by atoms with van der Waals surface area (Å²) in [7, 11) is 0. The number of carbonyl (C=O) groups excluding carboxylic acids is 2. The van der Waals surface area contributed by atoms with Gasteiger partial charge in [0.1, 0.15) is 5.76 Å². The first-order valence-electron chi connectivity index (χ1n) is 5.61. The number of hydrogen-bond acceptors (Lipinski definition) is 4. The predicted molar refractivity (Wildman–Crippen MR) is 62.4 cm³/mol. The second kappa shape index (κ2) is 6.67. The molecule has 17 heavy (non-hydrogen) atoms. The van der Waals surface area contributed by atoms with Crippen LogP contribution < -0.4 is 10.6 Å². The van der Waals surface area contributed by atoms with Crippen molar-refractivity contribution in [3.63, 3.8) is 0 Å². The van der Waals surface area contributed by atoms with Crippen LogP contribution in [0.4, 0.5) is 5.82 Å². The number of nitrogens with one attached hydrogen (secondary N) is 2. The van der Waals surface area contributed by atoms with Crippen molar-refractivity contribution in [2.75, 3.05) is 11.9 Å². The van der Waals surface area contributed by atoms with Crippen molar-refractivity contribution in [1.29, 1.82) is 0 Å². The highest BCUT2D eigenvalue weighted by atomic mass is 16.5. The first-order chi connectivity index (χ1) is 8.11. The van der Waals surface area contributed by atoms with Gasteiger partial charge in [-0.25, -0.2) is 0 Å². The molecule has 6 heteroatoms. The molecule has 0 spiro atoms. The van der Waals surface area contributed by atoms with Crippen molar-refractivity contribution in [2.24, 2.45) is 0 Å². The average Bonchev–Trinajstić information content (AvgIpc) is 2.64. The van der Waals surface area contributed by atoms with Crippen LogP contribution >= 0.6 is 0 Å². The molecule has 0 radical (unpaired) electrons. The average molecular weight is 239 g/mol. The predicted octanol–water partition coefficient (Wildman–Crippen LogP) is 1.23. The Hall–Kier alpha value is -1.85. The third-order valence-corrected chi connectivity index (χ3v) is 2.05. The number of nitrogens with zero attached hydrogens (tertiary/aromatic N) is 1. The Bertz CT molecular complexity index is 387. The maximum atomic E-state index is 11.4. The molecule has 0 fully saturated rings. The summed E-state index contributed by atoms with van der Waals surface area (Å²) in [5.41, 5.74) is 0. The van der Waals surface area contributed by atoms with Gasteiger partial charge in [-0.15, -0.1) is 0 Å². The minimum absolute atomic E-state index is 0.0300. The molecule has 0 aliphatic rings. The molecule has 0 saturated heterocycles. The maximum absolute atomic E-state index is 11.4. The van der Waals surface area contributed by atoms with E-state index in [1.54, 1.807) is 13.0 Å². The number of hydrogen-bond donors (Lipinski definition) is 2. The van der Waals surface area contributed by atoms with Crippen LogP contribution in [0.3, 0.4) is 0 Å². The Morgan fingerprint density at radius 2 is 2.12 bits per heavy atom. The minimum atomic E-state index is -0.199. The number of rotatable bonds is 6. The summed E-state index contributed by atoms with van der Waals surface area (Å²) in [5.74, 6) is 0.802. The zero-order valence-corrected chi connectivity index (χ0v) is 10.1. The van der Waals surface area contributed by atoms with Crippen LogP contribution in [0, 0.1) is 6.92 Å². The van der Waals surface area contributed by atoms with Gasteiger partial charge in [0.05, 0.1) is 0 Å². The molecule has 0 atom stereocenters. The van der Waals surface area contributed by atoms with Crippen LogP contribution in [0.1, 0.15) is 31.9 Å². The summed E-state index contributed by atoms with van der Waals surface area (Å²) in [6, 6.07) is 1.63. The lowest BCUT2D eigenvalue weighted by Crippen LogP contribution is -2.27. The molecule has 0 aromatic carbocycles. The Morgan fingerprint density at radius 1 is 1.35 bits per heavy atom. The number of anilines is 1. The molecule has 2 N–H and O–H groups in total.